The summed E-state index contributed by atoms with van der Waals surface area (Å²) in [5.41, 5.74) is 0.126. The van der Waals surface area contributed by atoms with E-state index in [-0.39, 0.29) is 30.3 Å². The van der Waals surface area contributed by atoms with Crippen molar-refractivity contribution in [2.45, 2.75) is 25.2 Å². The van der Waals surface area contributed by atoms with Gasteiger partial charge < -0.3 is 4.74 Å². The number of carbonyl (C=O) groups excluding carboxylic acids is 1. The third kappa shape index (κ3) is 4.51. The van der Waals surface area contributed by atoms with E-state index in [9.17, 15) is 13.2 Å². The second kappa shape index (κ2) is 7.71. The van der Waals surface area contributed by atoms with E-state index in [0.29, 0.717) is 6.42 Å². The van der Waals surface area contributed by atoms with Crippen LogP contribution in [0, 0.1) is 11.3 Å². The van der Waals surface area contributed by atoms with Gasteiger partial charge in [-0.3, -0.25) is 4.79 Å². The van der Waals surface area contributed by atoms with Gasteiger partial charge in [-0.2, -0.15) is 9.57 Å². The lowest BCUT2D eigenvalue weighted by Gasteiger charge is -2.20. The summed E-state index contributed by atoms with van der Waals surface area (Å²) in [6.07, 6.45) is 1.67. The van der Waals surface area contributed by atoms with Crippen LogP contribution in [0.1, 0.15) is 26.0 Å². The van der Waals surface area contributed by atoms with Gasteiger partial charge in [0.1, 0.15) is 23.2 Å². The summed E-state index contributed by atoms with van der Waals surface area (Å²) in [5, 5.41) is 8.67. The summed E-state index contributed by atoms with van der Waals surface area (Å²) >= 11 is 0. The molecule has 1 rings (SSSR count). The molecule has 0 N–H and O–H groups in total. The van der Waals surface area contributed by atoms with Crippen LogP contribution in [0.4, 0.5) is 0 Å². The summed E-state index contributed by atoms with van der Waals surface area (Å²) in [7, 11) is -3.84. The smallest absolute Gasteiger partial charge is 0.321 e. The van der Waals surface area contributed by atoms with E-state index < -0.39 is 16.0 Å². The van der Waals surface area contributed by atoms with Gasteiger partial charge in [0, 0.05) is 12.7 Å². The molecule has 0 aromatic carbocycles. The molecule has 0 spiro atoms. The lowest BCUT2D eigenvalue weighted by atomic mass is 10.4. The lowest BCUT2D eigenvalue weighted by Crippen LogP contribution is -2.37. The van der Waals surface area contributed by atoms with Gasteiger partial charge in [0.25, 0.3) is 0 Å². The van der Waals surface area contributed by atoms with E-state index in [4.69, 9.17) is 10.00 Å². The van der Waals surface area contributed by atoms with Crippen molar-refractivity contribution in [2.24, 2.45) is 0 Å². The predicted molar refractivity (Wildman–Crippen MR) is 74.6 cm³/mol. The van der Waals surface area contributed by atoms with Crippen molar-refractivity contribution < 1.29 is 17.9 Å². The van der Waals surface area contributed by atoms with E-state index in [1.165, 1.54) is 12.1 Å². The molecule has 21 heavy (non-hydrogen) atoms. The van der Waals surface area contributed by atoms with Crippen LogP contribution >= 0.6 is 0 Å². The maximum atomic E-state index is 12.5. The minimum Gasteiger partial charge on any atom is -0.465 e. The fraction of sp³-hybridized carbons (Fsp3) is 0.462. The molecule has 1 aromatic heterocycles. The largest absolute Gasteiger partial charge is 0.465 e. The molecule has 0 aliphatic heterocycles. The molecule has 1 aromatic rings. The van der Waals surface area contributed by atoms with Crippen molar-refractivity contribution in [2.75, 3.05) is 19.7 Å². The van der Waals surface area contributed by atoms with Gasteiger partial charge in [0.15, 0.2) is 0 Å². The molecule has 0 amide bonds. The van der Waals surface area contributed by atoms with Crippen LogP contribution in [0.25, 0.3) is 0 Å². The van der Waals surface area contributed by atoms with E-state index in [0.717, 1.165) is 10.5 Å². The number of nitrogens with zero attached hydrogens (tertiary/aromatic N) is 3. The van der Waals surface area contributed by atoms with Gasteiger partial charge in [-0.15, -0.1) is 0 Å². The van der Waals surface area contributed by atoms with Crippen LogP contribution in [-0.2, 0) is 19.6 Å². The Bertz CT molecular complexity index is 620. The molecule has 0 atom stereocenters. The Morgan fingerprint density at radius 3 is 2.62 bits per heavy atom. The molecule has 0 aliphatic rings. The van der Waals surface area contributed by atoms with Crippen molar-refractivity contribution in [3.63, 3.8) is 0 Å². The van der Waals surface area contributed by atoms with Crippen LogP contribution < -0.4 is 0 Å². The maximum Gasteiger partial charge on any atom is 0.321 e. The average Bonchev–Trinajstić information content (AvgIpc) is 2.47. The molecule has 0 saturated carbocycles. The van der Waals surface area contributed by atoms with Gasteiger partial charge in [0.2, 0.25) is 10.0 Å². The highest BCUT2D eigenvalue weighted by Gasteiger charge is 2.26. The molecule has 7 nitrogen and oxygen atoms in total. The Hall–Kier alpha value is -1.98. The number of hydrogen-bond donors (Lipinski definition) is 0. The first kappa shape index (κ1) is 17.1. The second-order valence-electron chi connectivity index (χ2n) is 4.13. The zero-order valence-electron chi connectivity index (χ0n) is 11.9. The summed E-state index contributed by atoms with van der Waals surface area (Å²) in [4.78, 5) is 15.2. The predicted octanol–water partition coefficient (Wildman–Crippen LogP) is 0.917. The number of hydrogen-bond acceptors (Lipinski definition) is 6. The first-order valence-corrected chi connectivity index (χ1v) is 7.91. The highest BCUT2D eigenvalue weighted by molar-refractivity contribution is 7.89. The minimum atomic E-state index is -3.84. The zero-order chi connectivity index (χ0) is 15.9. The molecular weight excluding hydrogens is 294 g/mol. The highest BCUT2D eigenvalue weighted by Crippen LogP contribution is 2.15. The molecule has 0 unspecified atom stereocenters. The first-order chi connectivity index (χ1) is 9.95. The van der Waals surface area contributed by atoms with Gasteiger partial charge in [-0.25, -0.2) is 13.4 Å². The molecule has 0 saturated heterocycles. The Balaban J connectivity index is 3.03. The third-order valence-electron chi connectivity index (χ3n) is 2.57. The number of rotatable bonds is 7. The quantitative estimate of drug-likeness (QED) is 0.694. The van der Waals surface area contributed by atoms with Gasteiger partial charge >= 0.3 is 5.97 Å². The normalized spacial score (nSPS) is 11.1. The molecule has 0 bridgehead atoms. The van der Waals surface area contributed by atoms with Crippen molar-refractivity contribution in [3.8, 4) is 6.07 Å². The van der Waals surface area contributed by atoms with E-state index in [1.54, 1.807) is 6.92 Å². The molecular formula is C13H17N3O4S. The van der Waals surface area contributed by atoms with Crippen LogP contribution in [-0.4, -0.2) is 43.4 Å². The number of pyridine rings is 1. The lowest BCUT2D eigenvalue weighted by molar-refractivity contribution is -0.143. The summed E-state index contributed by atoms with van der Waals surface area (Å²) < 4.78 is 30.7. The monoisotopic (exact) mass is 311 g/mol. The fourth-order valence-electron chi connectivity index (χ4n) is 1.63. The standard InChI is InChI=1S/C13H17N3O4S/c1-3-7-16(10-13(17)20-4-2)21(18,19)12-6-5-11(8-14)15-9-12/h5-6,9H,3-4,7,10H2,1-2H3. The molecule has 0 radical (unpaired) electrons. The van der Waals surface area contributed by atoms with Crippen molar-refractivity contribution in [1.82, 2.24) is 9.29 Å². The van der Waals surface area contributed by atoms with Gasteiger partial charge in [-0.1, -0.05) is 6.92 Å². The zero-order valence-corrected chi connectivity index (χ0v) is 12.8. The average molecular weight is 311 g/mol. The van der Waals surface area contributed by atoms with Gasteiger partial charge in [-0.05, 0) is 25.5 Å². The molecule has 1 heterocycles. The van der Waals surface area contributed by atoms with Crippen molar-refractivity contribution in [3.05, 3.63) is 24.0 Å². The topological polar surface area (TPSA) is 100 Å². The summed E-state index contributed by atoms with van der Waals surface area (Å²) in [6.45, 7) is 3.51. The second-order valence-corrected chi connectivity index (χ2v) is 6.07. The summed E-state index contributed by atoms with van der Waals surface area (Å²) in [5.74, 6) is -0.601. The number of esters is 1. The first-order valence-electron chi connectivity index (χ1n) is 6.47. The SMILES string of the molecule is CCCN(CC(=O)OCC)S(=O)(=O)c1ccc(C#N)nc1. The van der Waals surface area contributed by atoms with E-state index in [2.05, 4.69) is 4.98 Å². The minimum absolute atomic E-state index is 0.0563. The number of aromatic nitrogens is 1. The third-order valence-corrected chi connectivity index (χ3v) is 4.40. The molecule has 114 valence electrons. The Labute approximate surface area is 124 Å². The molecule has 0 aliphatic carbocycles. The van der Waals surface area contributed by atoms with Crippen LogP contribution in [0.15, 0.2) is 23.2 Å². The van der Waals surface area contributed by atoms with E-state index >= 15 is 0 Å². The fourth-order valence-corrected chi connectivity index (χ4v) is 3.05. The maximum absolute atomic E-state index is 12.5. The molecule has 8 heteroatoms. The van der Waals surface area contributed by atoms with Crippen LogP contribution in [0.5, 0.6) is 0 Å². The van der Waals surface area contributed by atoms with Crippen LogP contribution in [0.3, 0.4) is 0 Å². The van der Waals surface area contributed by atoms with Crippen molar-refractivity contribution >= 4 is 16.0 Å². The number of sulfonamides is 1. The summed E-state index contributed by atoms with van der Waals surface area (Å²) in [6, 6.07) is 4.44. The van der Waals surface area contributed by atoms with E-state index in [1.807, 2.05) is 13.0 Å². The molecule has 0 fully saturated rings. The Morgan fingerprint density at radius 2 is 2.14 bits per heavy atom. The Morgan fingerprint density at radius 1 is 1.43 bits per heavy atom. The number of ether oxygens (including phenoxy) is 1. The number of nitriles is 1. The van der Waals surface area contributed by atoms with Crippen molar-refractivity contribution in [1.29, 1.82) is 5.26 Å². The number of carbonyl (C=O) groups is 1. The van der Waals surface area contributed by atoms with Crippen LogP contribution in [0.2, 0.25) is 0 Å². The highest BCUT2D eigenvalue weighted by atomic mass is 32.2. The Kier molecular flexibility index (Phi) is 6.27. The van der Waals surface area contributed by atoms with Gasteiger partial charge in [0.05, 0.1) is 6.61 Å².